The molecule has 0 aliphatic heterocycles. The van der Waals surface area contributed by atoms with Gasteiger partial charge in [-0.1, -0.05) is 30.3 Å². The molecule has 0 aliphatic rings. The van der Waals surface area contributed by atoms with Gasteiger partial charge in [-0.15, -0.1) is 0 Å². The van der Waals surface area contributed by atoms with Gasteiger partial charge in [-0.2, -0.15) is 0 Å². The zero-order chi connectivity index (χ0) is 27.8. The molecular weight excluding hydrogens is 522 g/mol. The van der Waals surface area contributed by atoms with E-state index in [0.717, 1.165) is 4.31 Å². The third-order valence-electron chi connectivity index (χ3n) is 5.72. The lowest BCUT2D eigenvalue weighted by atomic mass is 10.1. The molecule has 0 bridgehead atoms. The predicted molar refractivity (Wildman–Crippen MR) is 145 cm³/mol. The van der Waals surface area contributed by atoms with Crippen molar-refractivity contribution in [1.29, 1.82) is 0 Å². The van der Waals surface area contributed by atoms with Gasteiger partial charge >= 0.3 is 0 Å². The van der Waals surface area contributed by atoms with Crippen molar-refractivity contribution in [1.82, 2.24) is 5.32 Å². The predicted octanol–water partition coefficient (Wildman–Crippen LogP) is 4.06. The van der Waals surface area contributed by atoms with E-state index in [9.17, 15) is 18.0 Å². The first-order valence-electron chi connectivity index (χ1n) is 11.8. The van der Waals surface area contributed by atoms with Crippen molar-refractivity contribution in [2.45, 2.75) is 11.4 Å². The average molecular weight is 550 g/mol. The maximum Gasteiger partial charge on any atom is 0.264 e. The van der Waals surface area contributed by atoms with Gasteiger partial charge in [-0.05, 0) is 48.5 Å². The molecule has 0 saturated heterocycles. The summed E-state index contributed by atoms with van der Waals surface area (Å²) in [6.07, 6.45) is 1.50. The first-order chi connectivity index (χ1) is 18.8. The van der Waals surface area contributed by atoms with Crippen LogP contribution in [-0.2, 0) is 21.4 Å². The summed E-state index contributed by atoms with van der Waals surface area (Å²) >= 11 is 0. The molecule has 1 aromatic heterocycles. The summed E-state index contributed by atoms with van der Waals surface area (Å²) in [5.74, 6) is 0.109. The van der Waals surface area contributed by atoms with Crippen LogP contribution < -0.4 is 24.4 Å². The standard InChI is InChI=1S/C28H27N3O7S/c1-36-20-14-15-25(26(17-20)37-2)31(39(34,35)22-10-4-3-5-11-22)19-27(32)30-24-13-7-6-12-23(24)28(33)29-18-21-9-8-16-38-21/h3-17H,18-19H2,1-2H3,(H,29,33)(H,30,32). The zero-order valence-corrected chi connectivity index (χ0v) is 22.1. The Balaban J connectivity index is 1.62. The van der Waals surface area contributed by atoms with Crippen LogP contribution in [0.25, 0.3) is 0 Å². The zero-order valence-electron chi connectivity index (χ0n) is 21.3. The van der Waals surface area contributed by atoms with Gasteiger partial charge in [0, 0.05) is 6.07 Å². The molecule has 4 rings (SSSR count). The van der Waals surface area contributed by atoms with Gasteiger partial charge in [0.1, 0.15) is 23.8 Å². The van der Waals surface area contributed by atoms with Gasteiger partial charge in [0.25, 0.3) is 15.9 Å². The molecule has 0 fully saturated rings. The number of amides is 2. The Bertz CT molecular complexity index is 1540. The van der Waals surface area contributed by atoms with E-state index in [1.807, 2.05) is 0 Å². The molecule has 2 N–H and O–H groups in total. The van der Waals surface area contributed by atoms with Gasteiger partial charge in [0.15, 0.2) is 0 Å². The SMILES string of the molecule is COc1ccc(N(CC(=O)Nc2ccccc2C(=O)NCc2ccco2)S(=O)(=O)c2ccccc2)c(OC)c1. The molecule has 202 valence electrons. The largest absolute Gasteiger partial charge is 0.497 e. The van der Waals surface area contributed by atoms with E-state index < -0.39 is 28.4 Å². The third kappa shape index (κ3) is 6.39. The molecule has 0 aliphatic carbocycles. The number of nitrogens with zero attached hydrogens (tertiary/aromatic N) is 1. The Morgan fingerprint density at radius 2 is 1.64 bits per heavy atom. The highest BCUT2D eigenvalue weighted by molar-refractivity contribution is 7.92. The number of rotatable bonds is 11. The lowest BCUT2D eigenvalue weighted by Crippen LogP contribution is -2.38. The van der Waals surface area contributed by atoms with Gasteiger partial charge < -0.3 is 24.5 Å². The van der Waals surface area contributed by atoms with Crippen LogP contribution in [0.2, 0.25) is 0 Å². The summed E-state index contributed by atoms with van der Waals surface area (Å²) in [6.45, 7) is -0.434. The fraction of sp³-hybridized carbons (Fsp3) is 0.143. The second kappa shape index (κ2) is 12.2. The summed E-state index contributed by atoms with van der Waals surface area (Å²) in [7, 11) is -1.32. The number of anilines is 2. The highest BCUT2D eigenvalue weighted by atomic mass is 32.2. The Morgan fingerprint density at radius 1 is 0.897 bits per heavy atom. The fourth-order valence-corrected chi connectivity index (χ4v) is 5.25. The number of para-hydroxylation sites is 1. The van der Waals surface area contributed by atoms with Crippen molar-refractivity contribution < 1.29 is 31.9 Å². The molecule has 2 amide bonds. The molecule has 0 atom stereocenters. The normalized spacial score (nSPS) is 10.9. The highest BCUT2D eigenvalue weighted by Gasteiger charge is 2.30. The third-order valence-corrected chi connectivity index (χ3v) is 7.50. The fourth-order valence-electron chi connectivity index (χ4n) is 3.80. The topological polar surface area (TPSA) is 127 Å². The Morgan fingerprint density at radius 3 is 2.33 bits per heavy atom. The summed E-state index contributed by atoms with van der Waals surface area (Å²) in [4.78, 5) is 26.1. The molecule has 0 spiro atoms. The van der Waals surface area contributed by atoms with E-state index in [0.29, 0.717) is 11.5 Å². The van der Waals surface area contributed by atoms with E-state index in [1.165, 1.54) is 44.7 Å². The Labute approximate surface area is 226 Å². The van der Waals surface area contributed by atoms with E-state index >= 15 is 0 Å². The molecule has 3 aromatic carbocycles. The smallest absolute Gasteiger partial charge is 0.264 e. The van der Waals surface area contributed by atoms with Crippen LogP contribution >= 0.6 is 0 Å². The van der Waals surface area contributed by atoms with E-state index in [4.69, 9.17) is 13.9 Å². The van der Waals surface area contributed by atoms with Crippen LogP contribution in [0, 0.1) is 0 Å². The number of methoxy groups -OCH3 is 2. The van der Waals surface area contributed by atoms with Crippen molar-refractivity contribution in [3.63, 3.8) is 0 Å². The Hall–Kier alpha value is -4.77. The van der Waals surface area contributed by atoms with Crippen LogP contribution in [0.1, 0.15) is 16.1 Å². The maximum atomic E-state index is 13.7. The van der Waals surface area contributed by atoms with Gasteiger partial charge in [0.2, 0.25) is 5.91 Å². The summed E-state index contributed by atoms with van der Waals surface area (Å²) in [6, 6.07) is 22.2. The monoisotopic (exact) mass is 549 g/mol. The molecule has 0 saturated carbocycles. The number of nitrogens with one attached hydrogen (secondary N) is 2. The van der Waals surface area contributed by atoms with Crippen LogP contribution in [0.3, 0.4) is 0 Å². The second-order valence-corrected chi connectivity index (χ2v) is 10.1. The summed E-state index contributed by atoms with van der Waals surface area (Å²) in [5, 5.41) is 5.41. The van der Waals surface area contributed by atoms with Crippen LogP contribution in [0.15, 0.2) is 101 Å². The van der Waals surface area contributed by atoms with Crippen molar-refractivity contribution >= 4 is 33.2 Å². The summed E-state index contributed by atoms with van der Waals surface area (Å²) < 4.78 is 44.3. The highest BCUT2D eigenvalue weighted by Crippen LogP contribution is 2.35. The van der Waals surface area contributed by atoms with Crippen LogP contribution in [0.4, 0.5) is 11.4 Å². The van der Waals surface area contributed by atoms with Crippen molar-refractivity contribution in [2.75, 3.05) is 30.4 Å². The quantitative estimate of drug-likeness (QED) is 0.289. The maximum absolute atomic E-state index is 13.7. The lowest BCUT2D eigenvalue weighted by molar-refractivity contribution is -0.114. The number of ether oxygens (including phenoxy) is 2. The molecule has 39 heavy (non-hydrogen) atoms. The average Bonchev–Trinajstić information content (AvgIpc) is 3.49. The number of furan rings is 1. The molecular formula is C28H27N3O7S. The first-order valence-corrected chi connectivity index (χ1v) is 13.3. The second-order valence-electron chi connectivity index (χ2n) is 8.22. The van der Waals surface area contributed by atoms with E-state index in [1.54, 1.807) is 60.7 Å². The number of carbonyl (C=O) groups excluding carboxylic acids is 2. The number of benzene rings is 3. The first kappa shape index (κ1) is 27.3. The minimum Gasteiger partial charge on any atom is -0.497 e. The van der Waals surface area contributed by atoms with Gasteiger partial charge in [-0.3, -0.25) is 13.9 Å². The Kier molecular flexibility index (Phi) is 8.52. The molecule has 4 aromatic rings. The number of carbonyl (C=O) groups is 2. The lowest BCUT2D eigenvalue weighted by Gasteiger charge is -2.26. The van der Waals surface area contributed by atoms with Crippen LogP contribution in [0.5, 0.6) is 11.5 Å². The number of hydrogen-bond donors (Lipinski definition) is 2. The van der Waals surface area contributed by atoms with Crippen molar-refractivity contribution in [2.24, 2.45) is 0 Å². The molecule has 0 unspecified atom stereocenters. The van der Waals surface area contributed by atoms with E-state index in [-0.39, 0.29) is 34.1 Å². The van der Waals surface area contributed by atoms with Gasteiger partial charge in [0.05, 0.1) is 48.9 Å². The number of hydrogen-bond acceptors (Lipinski definition) is 7. The molecule has 0 radical (unpaired) electrons. The minimum absolute atomic E-state index is 0.00613. The summed E-state index contributed by atoms with van der Waals surface area (Å²) in [5.41, 5.74) is 0.567. The van der Waals surface area contributed by atoms with Crippen molar-refractivity contribution in [3.8, 4) is 11.5 Å². The van der Waals surface area contributed by atoms with Crippen molar-refractivity contribution in [3.05, 3.63) is 103 Å². The van der Waals surface area contributed by atoms with E-state index in [2.05, 4.69) is 10.6 Å². The van der Waals surface area contributed by atoms with Gasteiger partial charge in [-0.25, -0.2) is 8.42 Å². The molecule has 11 heteroatoms. The molecule has 10 nitrogen and oxygen atoms in total. The molecule has 1 heterocycles. The van der Waals surface area contributed by atoms with Crippen LogP contribution in [-0.4, -0.2) is 41.0 Å². The number of sulfonamides is 1. The minimum atomic E-state index is -4.19.